The van der Waals surface area contributed by atoms with Crippen LogP contribution in [0.3, 0.4) is 0 Å². The van der Waals surface area contributed by atoms with Crippen LogP contribution >= 0.6 is 23.2 Å². The monoisotopic (exact) mass is 309 g/mol. The van der Waals surface area contributed by atoms with Crippen molar-refractivity contribution in [2.75, 3.05) is 12.4 Å². The summed E-state index contributed by atoms with van der Waals surface area (Å²) in [5.74, 6) is -1.88. The van der Waals surface area contributed by atoms with Crippen molar-refractivity contribution in [2.24, 2.45) is 5.41 Å². The second-order valence-electron chi connectivity index (χ2n) is 5.03. The van der Waals surface area contributed by atoms with Crippen molar-refractivity contribution in [3.8, 4) is 0 Å². The lowest BCUT2D eigenvalue weighted by atomic mass is 9.90. The van der Waals surface area contributed by atoms with Gasteiger partial charge in [-0.15, -0.1) is 11.6 Å². The van der Waals surface area contributed by atoms with Crippen LogP contribution in [0.15, 0.2) is 12.1 Å². The van der Waals surface area contributed by atoms with Gasteiger partial charge in [0.1, 0.15) is 11.6 Å². The number of nitrogens with one attached hydrogen (secondary N) is 1. The molecule has 1 N–H and O–H groups in total. The Morgan fingerprint density at radius 3 is 2.53 bits per heavy atom. The number of carbonyl (C=O) groups is 1. The van der Waals surface area contributed by atoms with E-state index in [1.54, 1.807) is 0 Å². The summed E-state index contributed by atoms with van der Waals surface area (Å²) in [4.78, 5) is 11.8. The fourth-order valence-corrected chi connectivity index (χ4v) is 2.12. The summed E-state index contributed by atoms with van der Waals surface area (Å²) in [5, 5.41) is 2.21. The van der Waals surface area contributed by atoms with Gasteiger partial charge in [0.2, 0.25) is 0 Å². The van der Waals surface area contributed by atoms with Gasteiger partial charge in [0.05, 0.1) is 10.6 Å². The Kier molecular flexibility index (Phi) is 5.56. The SMILES string of the molecule is CC(C)(CCCl)CNC(=O)c1cc(F)c(Cl)cc1F. The highest BCUT2D eigenvalue weighted by Crippen LogP contribution is 2.21. The largest absolute Gasteiger partial charge is 0.351 e. The minimum atomic E-state index is -0.848. The Hall–Kier alpha value is -0.870. The molecule has 19 heavy (non-hydrogen) atoms. The molecule has 0 radical (unpaired) electrons. The second kappa shape index (κ2) is 6.53. The van der Waals surface area contributed by atoms with Gasteiger partial charge in [-0.1, -0.05) is 25.4 Å². The summed E-state index contributed by atoms with van der Waals surface area (Å²) in [6, 6.07) is 1.58. The average Bonchev–Trinajstić information content (AvgIpc) is 2.31. The minimum Gasteiger partial charge on any atom is -0.351 e. The summed E-state index contributed by atoms with van der Waals surface area (Å²) in [6.07, 6.45) is 0.701. The van der Waals surface area contributed by atoms with E-state index in [2.05, 4.69) is 5.32 Å². The molecule has 0 atom stereocenters. The molecule has 0 aliphatic heterocycles. The third-order valence-corrected chi connectivity index (χ3v) is 3.23. The average molecular weight is 310 g/mol. The molecule has 0 spiro atoms. The van der Waals surface area contributed by atoms with Gasteiger partial charge >= 0.3 is 0 Å². The van der Waals surface area contributed by atoms with Crippen molar-refractivity contribution in [1.29, 1.82) is 0 Å². The Morgan fingerprint density at radius 1 is 1.32 bits per heavy atom. The van der Waals surface area contributed by atoms with Crippen LogP contribution in [0, 0.1) is 17.0 Å². The van der Waals surface area contributed by atoms with Crippen LogP contribution in [0.4, 0.5) is 8.78 Å². The predicted octanol–water partition coefficient (Wildman–Crippen LogP) is 4.00. The normalized spacial score (nSPS) is 11.5. The van der Waals surface area contributed by atoms with E-state index in [-0.39, 0.29) is 16.0 Å². The first-order valence-corrected chi connectivity index (χ1v) is 6.67. The fraction of sp³-hybridized carbons (Fsp3) is 0.462. The maximum atomic E-state index is 13.5. The third kappa shape index (κ3) is 4.62. The number of amides is 1. The quantitative estimate of drug-likeness (QED) is 0.646. The van der Waals surface area contributed by atoms with Crippen molar-refractivity contribution in [1.82, 2.24) is 5.32 Å². The van der Waals surface area contributed by atoms with E-state index >= 15 is 0 Å². The Morgan fingerprint density at radius 2 is 1.95 bits per heavy atom. The molecule has 1 aromatic carbocycles. The summed E-state index contributed by atoms with van der Waals surface area (Å²) >= 11 is 11.1. The Bertz CT molecular complexity index is 478. The topological polar surface area (TPSA) is 29.1 Å². The smallest absolute Gasteiger partial charge is 0.254 e. The van der Waals surface area contributed by atoms with Crippen molar-refractivity contribution in [3.05, 3.63) is 34.4 Å². The van der Waals surface area contributed by atoms with E-state index in [1.165, 1.54) is 0 Å². The second-order valence-corrected chi connectivity index (χ2v) is 5.82. The highest BCUT2D eigenvalue weighted by atomic mass is 35.5. The molecule has 6 heteroatoms. The number of hydrogen-bond donors (Lipinski definition) is 1. The van der Waals surface area contributed by atoms with Gasteiger partial charge in [0.25, 0.3) is 5.91 Å². The summed E-state index contributed by atoms with van der Waals surface area (Å²) < 4.78 is 26.7. The third-order valence-electron chi connectivity index (χ3n) is 2.75. The molecule has 0 unspecified atom stereocenters. The molecule has 0 bridgehead atoms. The van der Waals surface area contributed by atoms with E-state index in [4.69, 9.17) is 23.2 Å². The first-order chi connectivity index (χ1) is 8.76. The van der Waals surface area contributed by atoms with Crippen LogP contribution in [-0.2, 0) is 0 Å². The summed E-state index contributed by atoms with van der Waals surface area (Å²) in [7, 11) is 0. The molecule has 0 heterocycles. The van der Waals surface area contributed by atoms with E-state index in [1.807, 2.05) is 13.8 Å². The molecule has 2 nitrogen and oxygen atoms in total. The van der Waals surface area contributed by atoms with Gasteiger partial charge in [-0.05, 0) is 24.0 Å². The zero-order chi connectivity index (χ0) is 14.6. The van der Waals surface area contributed by atoms with Crippen LogP contribution < -0.4 is 5.32 Å². The number of halogens is 4. The van der Waals surface area contributed by atoms with E-state index < -0.39 is 17.5 Å². The number of rotatable bonds is 5. The lowest BCUT2D eigenvalue weighted by Gasteiger charge is -2.23. The molecule has 1 aromatic rings. The van der Waals surface area contributed by atoms with E-state index in [9.17, 15) is 13.6 Å². The number of benzene rings is 1. The molecule has 0 saturated heterocycles. The lowest BCUT2D eigenvalue weighted by molar-refractivity contribution is 0.0931. The maximum Gasteiger partial charge on any atom is 0.254 e. The zero-order valence-corrected chi connectivity index (χ0v) is 12.2. The van der Waals surface area contributed by atoms with Crippen LogP contribution in [0.2, 0.25) is 5.02 Å². The molecule has 0 aliphatic carbocycles. The highest BCUT2D eigenvalue weighted by Gasteiger charge is 2.20. The molecule has 1 rings (SSSR count). The first-order valence-electron chi connectivity index (χ1n) is 5.75. The molecular formula is C13H15Cl2F2NO. The van der Waals surface area contributed by atoms with Crippen LogP contribution in [0.25, 0.3) is 0 Å². The number of hydrogen-bond acceptors (Lipinski definition) is 1. The van der Waals surface area contributed by atoms with E-state index in [0.29, 0.717) is 18.8 Å². The minimum absolute atomic E-state index is 0.209. The van der Waals surface area contributed by atoms with Gasteiger partial charge in [0.15, 0.2) is 0 Å². The predicted molar refractivity (Wildman–Crippen MR) is 72.8 cm³/mol. The van der Waals surface area contributed by atoms with Crippen LogP contribution in [0.5, 0.6) is 0 Å². The highest BCUT2D eigenvalue weighted by molar-refractivity contribution is 6.30. The number of alkyl halides is 1. The number of carbonyl (C=O) groups excluding carboxylic acids is 1. The molecular weight excluding hydrogens is 295 g/mol. The van der Waals surface area contributed by atoms with Crippen molar-refractivity contribution < 1.29 is 13.6 Å². The molecule has 0 saturated carbocycles. The van der Waals surface area contributed by atoms with Gasteiger partial charge in [-0.25, -0.2) is 8.78 Å². The standard InChI is InChI=1S/C13H15Cl2F2NO/c1-13(2,3-4-14)7-18-12(19)8-5-11(17)9(15)6-10(8)16/h5-6H,3-4,7H2,1-2H3,(H,18,19). The molecule has 0 aromatic heterocycles. The van der Waals surface area contributed by atoms with Crippen LogP contribution in [-0.4, -0.2) is 18.3 Å². The van der Waals surface area contributed by atoms with Crippen molar-refractivity contribution in [3.63, 3.8) is 0 Å². The molecule has 1 amide bonds. The lowest BCUT2D eigenvalue weighted by Crippen LogP contribution is -2.34. The Labute approximate surface area is 121 Å². The zero-order valence-electron chi connectivity index (χ0n) is 10.7. The van der Waals surface area contributed by atoms with Gasteiger partial charge < -0.3 is 5.32 Å². The summed E-state index contributed by atoms with van der Waals surface area (Å²) in [6.45, 7) is 4.17. The Balaban J connectivity index is 2.77. The summed E-state index contributed by atoms with van der Waals surface area (Å²) in [5.41, 5.74) is -0.567. The molecule has 106 valence electrons. The van der Waals surface area contributed by atoms with E-state index in [0.717, 1.165) is 12.1 Å². The maximum absolute atomic E-state index is 13.5. The van der Waals surface area contributed by atoms with Gasteiger partial charge in [-0.3, -0.25) is 4.79 Å². The molecule has 0 fully saturated rings. The molecule has 0 aliphatic rings. The van der Waals surface area contributed by atoms with Crippen molar-refractivity contribution in [2.45, 2.75) is 20.3 Å². The van der Waals surface area contributed by atoms with Gasteiger partial charge in [0, 0.05) is 12.4 Å². The fourth-order valence-electron chi connectivity index (χ4n) is 1.46. The van der Waals surface area contributed by atoms with Crippen LogP contribution in [0.1, 0.15) is 30.6 Å². The van der Waals surface area contributed by atoms with Gasteiger partial charge in [-0.2, -0.15) is 0 Å². The first kappa shape index (κ1) is 16.2. The van der Waals surface area contributed by atoms with Crippen molar-refractivity contribution >= 4 is 29.1 Å².